The minimum Gasteiger partial charge on any atom is -0.493 e. The summed E-state index contributed by atoms with van der Waals surface area (Å²) in [6.45, 7) is 12.5. The van der Waals surface area contributed by atoms with Crippen LogP contribution in [0.2, 0.25) is 0 Å². The van der Waals surface area contributed by atoms with E-state index in [1.165, 1.54) is 39.0 Å². The SMILES string of the molecule is COc1cc(C(=O)NNC(=O)COc2ccc(C(C)(C)C)cc2C(C)(C)C)cc(OC)c1OC. The van der Waals surface area contributed by atoms with Crippen molar-refractivity contribution in [3.05, 3.63) is 47.0 Å². The predicted molar refractivity (Wildman–Crippen MR) is 131 cm³/mol. The molecule has 0 radical (unpaired) electrons. The highest BCUT2D eigenvalue weighted by Gasteiger charge is 2.23. The maximum atomic E-state index is 12.6. The summed E-state index contributed by atoms with van der Waals surface area (Å²) in [6.07, 6.45) is 0. The smallest absolute Gasteiger partial charge is 0.276 e. The highest BCUT2D eigenvalue weighted by Crippen LogP contribution is 2.38. The van der Waals surface area contributed by atoms with Gasteiger partial charge in [-0.1, -0.05) is 53.7 Å². The summed E-state index contributed by atoms with van der Waals surface area (Å²) in [7, 11) is 4.39. The fourth-order valence-corrected chi connectivity index (χ4v) is 3.30. The molecule has 2 N–H and O–H groups in total. The second-order valence-corrected chi connectivity index (χ2v) is 9.92. The van der Waals surface area contributed by atoms with Crippen LogP contribution in [-0.4, -0.2) is 39.8 Å². The molecule has 8 nitrogen and oxygen atoms in total. The van der Waals surface area contributed by atoms with Gasteiger partial charge in [-0.15, -0.1) is 0 Å². The number of methoxy groups -OCH3 is 3. The molecule has 0 unspecified atom stereocenters. The predicted octanol–water partition coefficient (Wildman–Crippen LogP) is 4.15. The zero-order valence-electron chi connectivity index (χ0n) is 21.5. The van der Waals surface area contributed by atoms with Crippen LogP contribution in [0, 0.1) is 0 Å². The van der Waals surface area contributed by atoms with Crippen molar-refractivity contribution in [2.24, 2.45) is 0 Å². The van der Waals surface area contributed by atoms with Gasteiger partial charge in [0.15, 0.2) is 18.1 Å². The molecule has 0 bridgehead atoms. The molecule has 0 heterocycles. The van der Waals surface area contributed by atoms with Crippen LogP contribution in [0.15, 0.2) is 30.3 Å². The van der Waals surface area contributed by atoms with Crippen molar-refractivity contribution < 1.29 is 28.5 Å². The van der Waals surface area contributed by atoms with Crippen LogP contribution in [0.25, 0.3) is 0 Å². The van der Waals surface area contributed by atoms with Crippen molar-refractivity contribution in [1.82, 2.24) is 10.9 Å². The summed E-state index contributed by atoms with van der Waals surface area (Å²) >= 11 is 0. The standard InChI is InChI=1S/C26H36N2O6/c1-25(2,3)17-10-11-19(18(14-17)26(4,5)6)34-15-22(29)27-28-24(30)16-12-20(31-7)23(33-9)21(13-16)32-8/h10-14H,15H2,1-9H3,(H,27,29)(H,28,30). The summed E-state index contributed by atoms with van der Waals surface area (Å²) in [5.41, 5.74) is 6.99. The van der Waals surface area contributed by atoms with Gasteiger partial charge in [-0.25, -0.2) is 0 Å². The first-order valence-electron chi connectivity index (χ1n) is 11.0. The number of amides is 2. The average Bonchev–Trinajstić information content (AvgIpc) is 2.78. The van der Waals surface area contributed by atoms with Crippen molar-refractivity contribution in [3.63, 3.8) is 0 Å². The van der Waals surface area contributed by atoms with Gasteiger partial charge in [0.2, 0.25) is 5.75 Å². The molecule has 0 atom stereocenters. The minimum atomic E-state index is -0.544. The third kappa shape index (κ3) is 6.56. The molecule has 2 aromatic carbocycles. The molecule has 0 aliphatic carbocycles. The van der Waals surface area contributed by atoms with Crippen LogP contribution < -0.4 is 29.8 Å². The maximum Gasteiger partial charge on any atom is 0.276 e. The molecular weight excluding hydrogens is 436 g/mol. The Balaban J connectivity index is 2.07. The Labute approximate surface area is 201 Å². The molecule has 0 aromatic heterocycles. The molecule has 2 amide bonds. The number of nitrogens with one attached hydrogen (secondary N) is 2. The van der Waals surface area contributed by atoms with Crippen LogP contribution in [-0.2, 0) is 15.6 Å². The molecule has 0 spiro atoms. The van der Waals surface area contributed by atoms with Gasteiger partial charge in [-0.3, -0.25) is 20.4 Å². The number of benzene rings is 2. The van der Waals surface area contributed by atoms with Crippen molar-refractivity contribution in [2.45, 2.75) is 52.4 Å². The van der Waals surface area contributed by atoms with Crippen LogP contribution >= 0.6 is 0 Å². The van der Waals surface area contributed by atoms with E-state index in [2.05, 4.69) is 58.5 Å². The first-order valence-corrected chi connectivity index (χ1v) is 11.0. The molecule has 8 heteroatoms. The van der Waals surface area contributed by atoms with Crippen molar-refractivity contribution in [2.75, 3.05) is 27.9 Å². The molecule has 2 aromatic rings. The first kappa shape index (κ1) is 26.8. The summed E-state index contributed by atoms with van der Waals surface area (Å²) in [6, 6.07) is 9.01. The maximum absolute atomic E-state index is 12.6. The Bertz CT molecular complexity index is 1010. The van der Waals surface area contributed by atoms with Crippen LogP contribution in [0.5, 0.6) is 23.0 Å². The fraction of sp³-hybridized carbons (Fsp3) is 0.462. The zero-order valence-corrected chi connectivity index (χ0v) is 21.5. The molecule has 0 aliphatic heterocycles. The number of hydrogen-bond acceptors (Lipinski definition) is 6. The van der Waals surface area contributed by atoms with Gasteiger partial charge in [-0.05, 0) is 40.2 Å². The summed E-state index contributed by atoms with van der Waals surface area (Å²) in [5, 5.41) is 0. The number of carbonyl (C=O) groups is 2. The molecule has 0 saturated carbocycles. The number of ether oxygens (including phenoxy) is 4. The molecule has 186 valence electrons. The van der Waals surface area contributed by atoms with E-state index in [1.54, 1.807) is 0 Å². The van der Waals surface area contributed by atoms with E-state index in [1.807, 2.05) is 12.1 Å². The highest BCUT2D eigenvalue weighted by molar-refractivity contribution is 5.96. The summed E-state index contributed by atoms with van der Waals surface area (Å²) in [5.74, 6) is 0.612. The second-order valence-electron chi connectivity index (χ2n) is 9.92. The lowest BCUT2D eigenvalue weighted by molar-refractivity contribution is -0.123. The van der Waals surface area contributed by atoms with Gasteiger partial charge >= 0.3 is 0 Å². The Hall–Kier alpha value is -3.42. The molecule has 0 fully saturated rings. The quantitative estimate of drug-likeness (QED) is 0.588. The average molecular weight is 473 g/mol. The number of carbonyl (C=O) groups excluding carboxylic acids is 2. The van der Waals surface area contributed by atoms with Crippen molar-refractivity contribution in [3.8, 4) is 23.0 Å². The summed E-state index contributed by atoms with van der Waals surface area (Å²) < 4.78 is 21.6. The van der Waals surface area contributed by atoms with E-state index in [0.717, 1.165) is 5.56 Å². The van der Waals surface area contributed by atoms with E-state index >= 15 is 0 Å². The Kier molecular flexibility index (Phi) is 8.42. The van der Waals surface area contributed by atoms with E-state index < -0.39 is 11.8 Å². The largest absolute Gasteiger partial charge is 0.493 e. The number of hydrazine groups is 1. The monoisotopic (exact) mass is 472 g/mol. The van der Waals surface area contributed by atoms with Crippen LogP contribution in [0.1, 0.15) is 63.0 Å². The Morgan fingerprint density at radius 1 is 0.765 bits per heavy atom. The molecular formula is C26H36N2O6. The molecule has 0 aliphatic rings. The van der Waals surface area contributed by atoms with Gasteiger partial charge in [0.1, 0.15) is 5.75 Å². The highest BCUT2D eigenvalue weighted by atomic mass is 16.5. The Morgan fingerprint density at radius 2 is 1.35 bits per heavy atom. The molecule has 2 rings (SSSR count). The fourth-order valence-electron chi connectivity index (χ4n) is 3.30. The van der Waals surface area contributed by atoms with Gasteiger partial charge in [0.25, 0.3) is 11.8 Å². The lowest BCUT2D eigenvalue weighted by atomic mass is 9.80. The van der Waals surface area contributed by atoms with Gasteiger partial charge in [-0.2, -0.15) is 0 Å². The summed E-state index contributed by atoms with van der Waals surface area (Å²) in [4.78, 5) is 24.9. The first-order chi connectivity index (χ1) is 15.8. The number of hydrogen-bond donors (Lipinski definition) is 2. The van der Waals surface area contributed by atoms with Gasteiger partial charge < -0.3 is 18.9 Å². The molecule has 0 saturated heterocycles. The third-order valence-electron chi connectivity index (χ3n) is 5.25. The van der Waals surface area contributed by atoms with Crippen LogP contribution in [0.3, 0.4) is 0 Å². The topological polar surface area (TPSA) is 95.1 Å². The van der Waals surface area contributed by atoms with Gasteiger partial charge in [0, 0.05) is 5.56 Å². The zero-order chi connectivity index (χ0) is 25.7. The lowest BCUT2D eigenvalue weighted by Gasteiger charge is -2.27. The minimum absolute atomic E-state index is 0.00694. The van der Waals surface area contributed by atoms with Gasteiger partial charge in [0.05, 0.1) is 21.3 Å². The van der Waals surface area contributed by atoms with Crippen molar-refractivity contribution >= 4 is 11.8 Å². The van der Waals surface area contributed by atoms with E-state index in [4.69, 9.17) is 18.9 Å². The second kappa shape index (κ2) is 10.7. The van der Waals surface area contributed by atoms with E-state index in [9.17, 15) is 9.59 Å². The lowest BCUT2D eigenvalue weighted by Crippen LogP contribution is -2.43. The van der Waals surface area contributed by atoms with Crippen LogP contribution in [0.4, 0.5) is 0 Å². The van der Waals surface area contributed by atoms with E-state index in [-0.39, 0.29) is 23.0 Å². The van der Waals surface area contributed by atoms with Crippen molar-refractivity contribution in [1.29, 1.82) is 0 Å². The number of rotatable bonds is 7. The normalized spacial score (nSPS) is 11.4. The van der Waals surface area contributed by atoms with E-state index in [0.29, 0.717) is 23.0 Å². The Morgan fingerprint density at radius 3 is 1.82 bits per heavy atom. The molecule has 34 heavy (non-hydrogen) atoms. The third-order valence-corrected chi connectivity index (χ3v) is 5.25.